The molecule has 2 heteroatoms. The molecule has 10 heavy (non-hydrogen) atoms. The van der Waals surface area contributed by atoms with Crippen LogP contribution in [0.25, 0.3) is 0 Å². The molecule has 0 aromatic rings. The molecular weight excluding hydrogens is 124 g/mol. The molecule has 2 nitrogen and oxygen atoms in total. The van der Waals surface area contributed by atoms with Crippen molar-refractivity contribution in [2.75, 3.05) is 7.05 Å². The van der Waals surface area contributed by atoms with E-state index in [9.17, 15) is 0 Å². The zero-order valence-electron chi connectivity index (χ0n) is 6.59. The van der Waals surface area contributed by atoms with Crippen molar-refractivity contribution in [3.63, 3.8) is 0 Å². The fraction of sp³-hybridized carbons (Fsp3) is 0.875. The normalized spacial score (nSPS) is 34.1. The van der Waals surface area contributed by atoms with Gasteiger partial charge in [0.05, 0.1) is 12.0 Å². The quantitative estimate of drug-likeness (QED) is 0.621. The van der Waals surface area contributed by atoms with Gasteiger partial charge in [0, 0.05) is 6.04 Å². The zero-order chi connectivity index (χ0) is 7.56. The Bertz CT molecular complexity index is 148. The third-order valence-corrected chi connectivity index (χ3v) is 2.59. The van der Waals surface area contributed by atoms with Crippen molar-refractivity contribution in [1.82, 2.24) is 5.32 Å². The zero-order valence-corrected chi connectivity index (χ0v) is 6.59. The first-order valence-corrected chi connectivity index (χ1v) is 3.86. The van der Waals surface area contributed by atoms with Crippen LogP contribution in [0, 0.1) is 23.2 Å². The molecule has 0 amide bonds. The lowest BCUT2D eigenvalue weighted by molar-refractivity contribution is 0.184. The number of rotatable bonds is 2. The summed E-state index contributed by atoms with van der Waals surface area (Å²) in [5.41, 5.74) is 0. The van der Waals surface area contributed by atoms with Gasteiger partial charge in [-0.05, 0) is 32.7 Å². The fourth-order valence-corrected chi connectivity index (χ4v) is 1.50. The third kappa shape index (κ3) is 1.15. The first-order chi connectivity index (χ1) is 4.79. The van der Waals surface area contributed by atoms with Crippen LogP contribution in [-0.2, 0) is 0 Å². The predicted molar refractivity (Wildman–Crippen MR) is 40.3 cm³/mol. The molecule has 0 radical (unpaired) electrons. The van der Waals surface area contributed by atoms with Gasteiger partial charge in [0.15, 0.2) is 0 Å². The van der Waals surface area contributed by atoms with E-state index in [4.69, 9.17) is 5.26 Å². The molecule has 3 atom stereocenters. The van der Waals surface area contributed by atoms with Gasteiger partial charge in [0.1, 0.15) is 0 Å². The summed E-state index contributed by atoms with van der Waals surface area (Å²) in [6.07, 6.45) is 2.33. The highest BCUT2D eigenvalue weighted by Gasteiger charge is 2.33. The van der Waals surface area contributed by atoms with Crippen LogP contribution in [-0.4, -0.2) is 13.1 Å². The number of hydrogen-bond donors (Lipinski definition) is 1. The number of nitrogens with zero attached hydrogens (tertiary/aromatic N) is 1. The first kappa shape index (κ1) is 7.56. The molecule has 1 unspecified atom stereocenters. The summed E-state index contributed by atoms with van der Waals surface area (Å²) >= 11 is 0. The Morgan fingerprint density at radius 3 is 2.60 bits per heavy atom. The Hall–Kier alpha value is -0.550. The highest BCUT2D eigenvalue weighted by atomic mass is 14.9. The smallest absolute Gasteiger partial charge is 0.0659 e. The maximum Gasteiger partial charge on any atom is 0.0659 e. The van der Waals surface area contributed by atoms with Crippen molar-refractivity contribution in [2.45, 2.75) is 25.8 Å². The lowest BCUT2D eigenvalue weighted by Gasteiger charge is -2.36. The molecule has 56 valence electrons. The van der Waals surface area contributed by atoms with Gasteiger partial charge >= 0.3 is 0 Å². The minimum Gasteiger partial charge on any atom is -0.317 e. The van der Waals surface area contributed by atoms with Crippen molar-refractivity contribution in [1.29, 1.82) is 5.26 Å². The second kappa shape index (κ2) is 3.03. The van der Waals surface area contributed by atoms with Gasteiger partial charge in [-0.15, -0.1) is 0 Å². The van der Waals surface area contributed by atoms with Crippen LogP contribution in [0.1, 0.15) is 19.8 Å². The molecule has 1 aliphatic rings. The van der Waals surface area contributed by atoms with Gasteiger partial charge in [-0.25, -0.2) is 0 Å². The monoisotopic (exact) mass is 138 g/mol. The predicted octanol–water partition coefficient (Wildman–Crippen LogP) is 1.14. The molecule has 0 bridgehead atoms. The Labute approximate surface area is 62.2 Å². The Morgan fingerprint density at radius 1 is 1.60 bits per heavy atom. The van der Waals surface area contributed by atoms with Gasteiger partial charge < -0.3 is 5.32 Å². The Balaban J connectivity index is 2.37. The Morgan fingerprint density at radius 2 is 2.30 bits per heavy atom. The average molecular weight is 138 g/mol. The van der Waals surface area contributed by atoms with Gasteiger partial charge in [0.2, 0.25) is 0 Å². The van der Waals surface area contributed by atoms with Crippen molar-refractivity contribution in [2.24, 2.45) is 11.8 Å². The molecule has 1 aliphatic carbocycles. The van der Waals surface area contributed by atoms with Crippen molar-refractivity contribution in [3.05, 3.63) is 0 Å². The van der Waals surface area contributed by atoms with Crippen LogP contribution in [0.4, 0.5) is 0 Å². The molecular formula is C8H14N2. The van der Waals surface area contributed by atoms with Crippen LogP contribution in [0.3, 0.4) is 0 Å². The van der Waals surface area contributed by atoms with E-state index in [1.165, 1.54) is 6.42 Å². The number of hydrogen-bond acceptors (Lipinski definition) is 2. The van der Waals surface area contributed by atoms with Crippen molar-refractivity contribution >= 4 is 0 Å². The molecule has 1 N–H and O–H groups in total. The molecule has 0 aromatic heterocycles. The maximum atomic E-state index is 8.62. The summed E-state index contributed by atoms with van der Waals surface area (Å²) in [4.78, 5) is 0. The van der Waals surface area contributed by atoms with E-state index in [1.54, 1.807) is 0 Å². The van der Waals surface area contributed by atoms with Gasteiger partial charge in [-0.3, -0.25) is 0 Å². The lowest BCUT2D eigenvalue weighted by atomic mass is 9.71. The SMILES string of the molecule is CNC(C)[C@H]1CC[C@@H]1C#N. The van der Waals surface area contributed by atoms with Crippen LogP contribution in [0.2, 0.25) is 0 Å². The van der Waals surface area contributed by atoms with Gasteiger partial charge in [0.25, 0.3) is 0 Å². The molecule has 0 aliphatic heterocycles. The van der Waals surface area contributed by atoms with E-state index >= 15 is 0 Å². The summed E-state index contributed by atoms with van der Waals surface area (Å²) in [5, 5.41) is 11.8. The van der Waals surface area contributed by atoms with E-state index in [0.29, 0.717) is 17.9 Å². The summed E-state index contributed by atoms with van der Waals surface area (Å²) < 4.78 is 0. The second-order valence-corrected chi connectivity index (χ2v) is 3.05. The summed E-state index contributed by atoms with van der Waals surface area (Å²) in [5.74, 6) is 0.928. The summed E-state index contributed by atoms with van der Waals surface area (Å²) in [6.45, 7) is 2.15. The molecule has 0 heterocycles. The van der Waals surface area contributed by atoms with Crippen LogP contribution in [0.15, 0.2) is 0 Å². The minimum absolute atomic E-state index is 0.322. The molecule has 0 spiro atoms. The van der Waals surface area contributed by atoms with E-state index in [0.717, 1.165) is 6.42 Å². The van der Waals surface area contributed by atoms with E-state index in [-0.39, 0.29) is 0 Å². The van der Waals surface area contributed by atoms with Crippen LogP contribution < -0.4 is 5.32 Å². The van der Waals surface area contributed by atoms with E-state index in [2.05, 4.69) is 18.3 Å². The standard InChI is InChI=1S/C8H14N2/c1-6(10-2)8-4-3-7(8)5-9/h6-8,10H,3-4H2,1-2H3/t6?,7-,8-/m1/s1. The van der Waals surface area contributed by atoms with E-state index in [1.807, 2.05) is 7.05 Å². The first-order valence-electron chi connectivity index (χ1n) is 3.86. The van der Waals surface area contributed by atoms with Crippen molar-refractivity contribution < 1.29 is 0 Å². The molecule has 1 saturated carbocycles. The molecule has 1 rings (SSSR count). The van der Waals surface area contributed by atoms with Crippen LogP contribution in [0.5, 0.6) is 0 Å². The highest BCUT2D eigenvalue weighted by Crippen LogP contribution is 2.35. The Kier molecular flexibility index (Phi) is 2.29. The number of nitrogens with one attached hydrogen (secondary N) is 1. The maximum absolute atomic E-state index is 8.62. The van der Waals surface area contributed by atoms with Crippen molar-refractivity contribution in [3.8, 4) is 6.07 Å². The average Bonchev–Trinajstić information content (AvgIpc) is 1.86. The highest BCUT2D eigenvalue weighted by molar-refractivity contribution is 4.98. The molecule has 0 saturated heterocycles. The van der Waals surface area contributed by atoms with Crippen LogP contribution >= 0.6 is 0 Å². The van der Waals surface area contributed by atoms with Gasteiger partial charge in [-0.1, -0.05) is 0 Å². The third-order valence-electron chi connectivity index (χ3n) is 2.59. The number of nitriles is 1. The van der Waals surface area contributed by atoms with Gasteiger partial charge in [-0.2, -0.15) is 5.26 Å². The second-order valence-electron chi connectivity index (χ2n) is 3.05. The lowest BCUT2D eigenvalue weighted by Crippen LogP contribution is -2.40. The van der Waals surface area contributed by atoms with E-state index < -0.39 is 0 Å². The molecule has 1 fully saturated rings. The topological polar surface area (TPSA) is 35.8 Å². The fourth-order valence-electron chi connectivity index (χ4n) is 1.50. The molecule has 0 aromatic carbocycles. The largest absolute Gasteiger partial charge is 0.317 e. The summed E-state index contributed by atoms with van der Waals surface area (Å²) in [7, 11) is 1.96. The minimum atomic E-state index is 0.322. The summed E-state index contributed by atoms with van der Waals surface area (Å²) in [6, 6.07) is 2.84.